The number of aromatic nitrogens is 4. The van der Waals surface area contributed by atoms with Gasteiger partial charge in [-0.1, -0.05) is 0 Å². The van der Waals surface area contributed by atoms with Crippen molar-refractivity contribution < 1.29 is 17.9 Å². The van der Waals surface area contributed by atoms with Crippen LogP contribution in [0.5, 0.6) is 11.8 Å². The maximum absolute atomic E-state index is 12.2. The summed E-state index contributed by atoms with van der Waals surface area (Å²) in [5.41, 5.74) is 5.55. The van der Waals surface area contributed by atoms with Crippen molar-refractivity contribution in [1.29, 1.82) is 0 Å². The normalized spacial score (nSPS) is 11.2. The zero-order valence-electron chi connectivity index (χ0n) is 11.6. The van der Waals surface area contributed by atoms with Crippen molar-refractivity contribution >= 4 is 21.8 Å². The third-order valence-corrected chi connectivity index (χ3v) is 3.78. The Bertz CT molecular complexity index is 735. The van der Waals surface area contributed by atoms with Gasteiger partial charge in [0.1, 0.15) is 4.90 Å². The van der Waals surface area contributed by atoms with Crippen LogP contribution >= 0.6 is 0 Å². The summed E-state index contributed by atoms with van der Waals surface area (Å²) in [6, 6.07) is 1.41. The van der Waals surface area contributed by atoms with Gasteiger partial charge < -0.3 is 15.2 Å². The van der Waals surface area contributed by atoms with Crippen molar-refractivity contribution in [3.63, 3.8) is 0 Å². The van der Waals surface area contributed by atoms with E-state index in [1.165, 1.54) is 31.2 Å². The van der Waals surface area contributed by atoms with Crippen molar-refractivity contribution in [3.8, 4) is 11.8 Å². The van der Waals surface area contributed by atoms with Crippen LogP contribution in [-0.4, -0.2) is 42.4 Å². The van der Waals surface area contributed by atoms with Crippen LogP contribution in [-0.2, 0) is 17.1 Å². The number of hydrogen-bond acceptors (Lipinski definition) is 8. The maximum Gasteiger partial charge on any atom is 0.269 e. The number of nitrogens with zero attached hydrogens (tertiary/aromatic N) is 4. The Labute approximate surface area is 121 Å². The molecule has 0 aromatic carbocycles. The van der Waals surface area contributed by atoms with Crippen LogP contribution in [0.3, 0.4) is 0 Å². The summed E-state index contributed by atoms with van der Waals surface area (Å²) in [5, 5.41) is 3.77. The number of nitrogens with two attached hydrogens (primary N) is 1. The second-order valence-electron chi connectivity index (χ2n) is 3.93. The molecule has 0 aliphatic rings. The fourth-order valence-corrected chi connectivity index (χ4v) is 2.57. The minimum Gasteiger partial charge on any atom is -0.481 e. The third-order valence-electron chi connectivity index (χ3n) is 2.43. The summed E-state index contributed by atoms with van der Waals surface area (Å²) in [5.74, 6) is -0.0215. The molecule has 0 spiro atoms. The highest BCUT2D eigenvalue weighted by Crippen LogP contribution is 2.22. The molecule has 2 aromatic rings. The molecule has 2 heterocycles. The van der Waals surface area contributed by atoms with E-state index in [2.05, 4.69) is 19.8 Å². The Balaban J connectivity index is 2.39. The molecule has 0 saturated carbocycles. The van der Waals surface area contributed by atoms with Gasteiger partial charge >= 0.3 is 0 Å². The molecule has 2 aromatic heterocycles. The minimum atomic E-state index is -3.97. The standard InChI is InChI=1S/C10H14N6O4S/c1-16-5-6(9(11)14-16)21(17,18)15-10-12-7(19-2)4-8(13-10)20-3/h4-5H,1-3H3,(H2,11,14)(H,12,13,15). The van der Waals surface area contributed by atoms with E-state index in [-0.39, 0.29) is 28.4 Å². The van der Waals surface area contributed by atoms with Gasteiger partial charge in [-0.3, -0.25) is 4.68 Å². The molecule has 0 saturated heterocycles. The zero-order valence-corrected chi connectivity index (χ0v) is 12.4. The molecule has 0 unspecified atom stereocenters. The van der Waals surface area contributed by atoms with Gasteiger partial charge in [-0.25, -0.2) is 13.1 Å². The van der Waals surface area contributed by atoms with E-state index in [9.17, 15) is 8.42 Å². The Kier molecular flexibility index (Phi) is 3.84. The summed E-state index contributed by atoms with van der Waals surface area (Å²) in [7, 11) is 0.365. The van der Waals surface area contributed by atoms with Gasteiger partial charge in [0, 0.05) is 13.2 Å². The summed E-state index contributed by atoms with van der Waals surface area (Å²) >= 11 is 0. The molecule has 0 bridgehead atoms. The van der Waals surface area contributed by atoms with E-state index in [1.807, 2.05) is 0 Å². The fraction of sp³-hybridized carbons (Fsp3) is 0.300. The molecule has 0 fully saturated rings. The van der Waals surface area contributed by atoms with Crippen LogP contribution < -0.4 is 19.9 Å². The molecule has 11 heteroatoms. The first-order valence-electron chi connectivity index (χ1n) is 5.64. The van der Waals surface area contributed by atoms with Gasteiger partial charge in [-0.2, -0.15) is 15.1 Å². The quantitative estimate of drug-likeness (QED) is 0.762. The van der Waals surface area contributed by atoms with Crippen LogP contribution in [0.4, 0.5) is 11.8 Å². The molecule has 21 heavy (non-hydrogen) atoms. The molecular formula is C10H14N6O4S. The average molecular weight is 314 g/mol. The largest absolute Gasteiger partial charge is 0.481 e. The van der Waals surface area contributed by atoms with E-state index >= 15 is 0 Å². The number of anilines is 2. The van der Waals surface area contributed by atoms with Crippen LogP contribution in [0, 0.1) is 0 Å². The monoisotopic (exact) mass is 314 g/mol. The van der Waals surface area contributed by atoms with Gasteiger partial charge in [-0.05, 0) is 0 Å². The number of aryl methyl sites for hydroxylation is 1. The predicted octanol–water partition coefficient (Wildman–Crippen LogP) is -0.390. The molecule has 114 valence electrons. The van der Waals surface area contributed by atoms with E-state index in [1.54, 1.807) is 7.05 Å². The molecule has 0 amide bonds. The molecule has 3 N–H and O–H groups in total. The Morgan fingerprint density at radius 3 is 2.24 bits per heavy atom. The van der Waals surface area contributed by atoms with Crippen LogP contribution in [0.1, 0.15) is 0 Å². The first kappa shape index (κ1) is 14.8. The third kappa shape index (κ3) is 3.13. The zero-order chi connectivity index (χ0) is 15.6. The second-order valence-corrected chi connectivity index (χ2v) is 5.58. The number of ether oxygens (including phenoxy) is 2. The molecule has 0 aliphatic carbocycles. The van der Waals surface area contributed by atoms with Crippen molar-refractivity contribution in [3.05, 3.63) is 12.3 Å². The highest BCUT2D eigenvalue weighted by atomic mass is 32.2. The SMILES string of the molecule is COc1cc(OC)nc(NS(=O)(=O)c2cn(C)nc2N)n1. The van der Waals surface area contributed by atoms with E-state index < -0.39 is 10.0 Å². The lowest BCUT2D eigenvalue weighted by Crippen LogP contribution is -2.16. The van der Waals surface area contributed by atoms with E-state index in [4.69, 9.17) is 15.2 Å². The average Bonchev–Trinajstić information content (AvgIpc) is 2.77. The Morgan fingerprint density at radius 2 is 1.81 bits per heavy atom. The van der Waals surface area contributed by atoms with Crippen molar-refractivity contribution in [2.75, 3.05) is 24.7 Å². The molecule has 0 radical (unpaired) electrons. The smallest absolute Gasteiger partial charge is 0.269 e. The maximum atomic E-state index is 12.2. The van der Waals surface area contributed by atoms with Crippen molar-refractivity contribution in [2.24, 2.45) is 7.05 Å². The van der Waals surface area contributed by atoms with Crippen molar-refractivity contribution in [1.82, 2.24) is 19.7 Å². The molecule has 2 rings (SSSR count). The summed E-state index contributed by atoms with van der Waals surface area (Å²) in [4.78, 5) is 7.58. The number of hydrogen-bond donors (Lipinski definition) is 2. The van der Waals surface area contributed by atoms with Crippen molar-refractivity contribution in [2.45, 2.75) is 4.90 Å². The molecular weight excluding hydrogens is 300 g/mol. The topological polar surface area (TPSA) is 134 Å². The number of rotatable bonds is 5. The lowest BCUT2D eigenvalue weighted by molar-refractivity contribution is 0.373. The highest BCUT2D eigenvalue weighted by Gasteiger charge is 2.22. The Morgan fingerprint density at radius 1 is 1.24 bits per heavy atom. The number of sulfonamides is 1. The lowest BCUT2D eigenvalue weighted by atomic mass is 10.6. The highest BCUT2D eigenvalue weighted by molar-refractivity contribution is 7.92. The summed E-state index contributed by atoms with van der Waals surface area (Å²) < 4.78 is 37.8. The molecule has 0 aliphatic heterocycles. The molecule has 0 atom stereocenters. The number of methoxy groups -OCH3 is 2. The number of nitrogen functional groups attached to an aromatic ring is 1. The first-order chi connectivity index (χ1) is 9.85. The van der Waals surface area contributed by atoms with Crippen LogP contribution in [0.15, 0.2) is 17.2 Å². The van der Waals surface area contributed by atoms with Crippen LogP contribution in [0.2, 0.25) is 0 Å². The number of nitrogens with one attached hydrogen (secondary N) is 1. The lowest BCUT2D eigenvalue weighted by Gasteiger charge is -2.08. The second kappa shape index (κ2) is 5.44. The molecule has 10 nitrogen and oxygen atoms in total. The fourth-order valence-electron chi connectivity index (χ4n) is 1.52. The van der Waals surface area contributed by atoms with Gasteiger partial charge in [-0.15, -0.1) is 0 Å². The minimum absolute atomic E-state index is 0.125. The Hall–Kier alpha value is -2.56. The van der Waals surface area contributed by atoms with Gasteiger partial charge in [0.05, 0.1) is 20.3 Å². The van der Waals surface area contributed by atoms with Gasteiger partial charge in [0.15, 0.2) is 5.82 Å². The predicted molar refractivity (Wildman–Crippen MR) is 73.6 cm³/mol. The van der Waals surface area contributed by atoms with Crippen LogP contribution in [0.25, 0.3) is 0 Å². The van der Waals surface area contributed by atoms with E-state index in [0.717, 1.165) is 0 Å². The summed E-state index contributed by atoms with van der Waals surface area (Å²) in [6.45, 7) is 0. The first-order valence-corrected chi connectivity index (χ1v) is 7.13. The summed E-state index contributed by atoms with van der Waals surface area (Å²) in [6.07, 6.45) is 1.27. The van der Waals surface area contributed by atoms with Gasteiger partial charge in [0.25, 0.3) is 10.0 Å². The van der Waals surface area contributed by atoms with E-state index in [0.29, 0.717) is 0 Å². The van der Waals surface area contributed by atoms with Gasteiger partial charge in [0.2, 0.25) is 17.7 Å².